The van der Waals surface area contributed by atoms with E-state index < -0.39 is 24.0 Å². The van der Waals surface area contributed by atoms with Crippen molar-refractivity contribution in [2.45, 2.75) is 6.42 Å². The first kappa shape index (κ1) is 11.1. The van der Waals surface area contributed by atoms with Gasteiger partial charge in [0.25, 0.3) is 0 Å². The van der Waals surface area contributed by atoms with E-state index in [4.69, 9.17) is 5.11 Å². The van der Waals surface area contributed by atoms with Crippen LogP contribution >= 0.6 is 0 Å². The third kappa shape index (κ3) is 1.82. The average molecular weight is 232 g/mol. The minimum Gasteiger partial charge on any atom is -0.507 e. The number of aromatic hydroxyl groups is 1. The molecule has 2 N–H and O–H groups in total. The van der Waals surface area contributed by atoms with Crippen molar-refractivity contribution >= 4 is 17.5 Å². The highest BCUT2D eigenvalue weighted by Gasteiger charge is 2.28. The van der Waals surface area contributed by atoms with Gasteiger partial charge in [-0.25, -0.2) is 0 Å². The molecule has 0 aliphatic heterocycles. The maximum absolute atomic E-state index is 11.9. The summed E-state index contributed by atoms with van der Waals surface area (Å²) in [5.41, 5.74) is -0.0824. The molecule has 1 aromatic carbocycles. The predicted octanol–water partition coefficient (Wildman–Crippen LogP) is 1.17. The van der Waals surface area contributed by atoms with Gasteiger partial charge in [0, 0.05) is 11.1 Å². The Morgan fingerprint density at radius 1 is 1.24 bits per heavy atom. The summed E-state index contributed by atoms with van der Waals surface area (Å²) < 4.78 is 0. The number of fused-ring (bicyclic) bond motifs is 1. The van der Waals surface area contributed by atoms with E-state index in [-0.39, 0.29) is 22.4 Å². The van der Waals surface area contributed by atoms with Crippen molar-refractivity contribution in [2.75, 3.05) is 0 Å². The number of rotatable bonds is 2. The summed E-state index contributed by atoms with van der Waals surface area (Å²) in [6.07, 6.45) is 0.470. The molecule has 86 valence electrons. The van der Waals surface area contributed by atoms with Crippen LogP contribution in [0.4, 0.5) is 0 Å². The number of carboxylic acids is 1. The molecule has 0 bridgehead atoms. The smallest absolute Gasteiger partial charge is 0.307 e. The average Bonchev–Trinajstić information content (AvgIpc) is 2.24. The lowest BCUT2D eigenvalue weighted by atomic mass is 9.87. The first-order valence-electron chi connectivity index (χ1n) is 4.84. The highest BCUT2D eigenvalue weighted by Crippen LogP contribution is 2.29. The van der Waals surface area contributed by atoms with Gasteiger partial charge in [0.2, 0.25) is 0 Å². The fraction of sp³-hybridized carbons (Fsp3) is 0.0833. The number of carbonyl (C=O) groups is 3. The second kappa shape index (κ2) is 3.86. The van der Waals surface area contributed by atoms with Crippen LogP contribution in [-0.4, -0.2) is 27.7 Å². The fourth-order valence-corrected chi connectivity index (χ4v) is 1.75. The predicted molar refractivity (Wildman–Crippen MR) is 57.1 cm³/mol. The molecule has 0 spiro atoms. The van der Waals surface area contributed by atoms with Crippen molar-refractivity contribution in [2.24, 2.45) is 0 Å². The standard InChI is InChI=1S/C12H8O5/c13-8-3-1-2-7-11(8)9(14)4-6(12(7)17)5-10(15)16/h1-4,13H,5H2,(H,15,16). The second-order valence-electron chi connectivity index (χ2n) is 3.63. The third-order valence-corrected chi connectivity index (χ3v) is 2.47. The summed E-state index contributed by atoms with van der Waals surface area (Å²) in [4.78, 5) is 34.1. The minimum atomic E-state index is -1.18. The lowest BCUT2D eigenvalue weighted by Gasteiger charge is -2.14. The lowest BCUT2D eigenvalue weighted by molar-refractivity contribution is -0.136. The SMILES string of the molecule is O=C(O)CC1=CC(=O)c2c(O)cccc2C1=O. The number of hydrogen-bond donors (Lipinski definition) is 2. The van der Waals surface area contributed by atoms with Crippen LogP contribution in [-0.2, 0) is 4.79 Å². The number of Topliss-reactive ketones (excluding diaryl/α,β-unsaturated/α-hetero) is 1. The van der Waals surface area contributed by atoms with Crippen LogP contribution in [0.2, 0.25) is 0 Å². The number of phenolic OH excluding ortho intramolecular Hbond substituents is 1. The van der Waals surface area contributed by atoms with Gasteiger partial charge >= 0.3 is 5.97 Å². The molecule has 0 amide bonds. The van der Waals surface area contributed by atoms with Crippen LogP contribution in [0.25, 0.3) is 0 Å². The fourth-order valence-electron chi connectivity index (χ4n) is 1.75. The molecule has 2 rings (SSSR count). The number of hydrogen-bond acceptors (Lipinski definition) is 4. The summed E-state index contributed by atoms with van der Waals surface area (Å²) in [5.74, 6) is -2.53. The topological polar surface area (TPSA) is 91.7 Å². The molecule has 0 aromatic heterocycles. The van der Waals surface area contributed by atoms with E-state index in [0.717, 1.165) is 6.08 Å². The Morgan fingerprint density at radius 3 is 2.59 bits per heavy atom. The molecular weight excluding hydrogens is 224 g/mol. The molecule has 1 aliphatic rings. The van der Waals surface area contributed by atoms with Crippen molar-refractivity contribution in [1.82, 2.24) is 0 Å². The van der Waals surface area contributed by atoms with E-state index in [1.807, 2.05) is 0 Å². The number of carbonyl (C=O) groups excluding carboxylic acids is 2. The van der Waals surface area contributed by atoms with Crippen LogP contribution < -0.4 is 0 Å². The third-order valence-electron chi connectivity index (χ3n) is 2.47. The van der Waals surface area contributed by atoms with Gasteiger partial charge < -0.3 is 10.2 Å². The van der Waals surface area contributed by atoms with Gasteiger partial charge in [-0.05, 0) is 12.1 Å². The molecule has 0 saturated carbocycles. The number of phenols is 1. The number of carboxylic acid groups (broad SMARTS) is 1. The first-order valence-corrected chi connectivity index (χ1v) is 4.84. The van der Waals surface area contributed by atoms with E-state index in [0.29, 0.717) is 0 Å². The van der Waals surface area contributed by atoms with Crippen molar-refractivity contribution in [3.63, 3.8) is 0 Å². The zero-order chi connectivity index (χ0) is 12.6. The van der Waals surface area contributed by atoms with E-state index in [1.165, 1.54) is 18.2 Å². The molecule has 1 aromatic rings. The summed E-state index contributed by atoms with van der Waals surface area (Å²) >= 11 is 0. The Balaban J connectivity index is 2.53. The number of ketones is 2. The van der Waals surface area contributed by atoms with Crippen LogP contribution in [0.5, 0.6) is 5.75 Å². The number of allylic oxidation sites excluding steroid dienone is 1. The molecule has 5 heteroatoms. The van der Waals surface area contributed by atoms with Crippen molar-refractivity contribution in [3.05, 3.63) is 41.0 Å². The molecule has 5 nitrogen and oxygen atoms in total. The van der Waals surface area contributed by atoms with Crippen molar-refractivity contribution in [3.8, 4) is 5.75 Å². The van der Waals surface area contributed by atoms with Crippen LogP contribution in [0.3, 0.4) is 0 Å². The van der Waals surface area contributed by atoms with Crippen LogP contribution in [0.1, 0.15) is 27.1 Å². The van der Waals surface area contributed by atoms with E-state index in [2.05, 4.69) is 0 Å². The van der Waals surface area contributed by atoms with Gasteiger partial charge in [0.05, 0.1) is 12.0 Å². The molecule has 17 heavy (non-hydrogen) atoms. The monoisotopic (exact) mass is 232 g/mol. The molecular formula is C12H8O5. The highest BCUT2D eigenvalue weighted by atomic mass is 16.4. The molecule has 0 saturated heterocycles. The minimum absolute atomic E-state index is 0.0498. The summed E-state index contributed by atoms with van der Waals surface area (Å²) in [7, 11) is 0. The Morgan fingerprint density at radius 2 is 1.94 bits per heavy atom. The molecule has 0 radical (unpaired) electrons. The summed E-state index contributed by atoms with van der Waals surface area (Å²) in [6.45, 7) is 0. The van der Waals surface area contributed by atoms with E-state index in [1.54, 1.807) is 0 Å². The molecule has 1 aliphatic carbocycles. The Bertz CT molecular complexity index is 568. The molecule has 0 unspecified atom stereocenters. The van der Waals surface area contributed by atoms with E-state index in [9.17, 15) is 19.5 Å². The molecule has 0 atom stereocenters. The zero-order valence-corrected chi connectivity index (χ0v) is 8.64. The maximum Gasteiger partial charge on any atom is 0.307 e. The maximum atomic E-state index is 11.9. The Hall–Kier alpha value is -2.43. The van der Waals surface area contributed by atoms with Gasteiger partial charge in [-0.2, -0.15) is 0 Å². The Labute approximate surface area is 96.0 Å². The second-order valence-corrected chi connectivity index (χ2v) is 3.63. The van der Waals surface area contributed by atoms with Gasteiger partial charge in [0.15, 0.2) is 11.6 Å². The highest BCUT2D eigenvalue weighted by molar-refractivity contribution is 6.26. The van der Waals surface area contributed by atoms with E-state index >= 15 is 0 Å². The van der Waals surface area contributed by atoms with Crippen molar-refractivity contribution in [1.29, 1.82) is 0 Å². The van der Waals surface area contributed by atoms with Gasteiger partial charge in [0.1, 0.15) is 5.75 Å². The lowest BCUT2D eigenvalue weighted by Crippen LogP contribution is -2.18. The quantitative estimate of drug-likeness (QED) is 0.798. The largest absolute Gasteiger partial charge is 0.507 e. The molecule has 0 heterocycles. The van der Waals surface area contributed by atoms with Crippen LogP contribution in [0, 0.1) is 0 Å². The normalized spacial score (nSPS) is 14.2. The van der Waals surface area contributed by atoms with Gasteiger partial charge in [-0.3, -0.25) is 14.4 Å². The van der Waals surface area contributed by atoms with Gasteiger partial charge in [-0.1, -0.05) is 12.1 Å². The van der Waals surface area contributed by atoms with Gasteiger partial charge in [-0.15, -0.1) is 0 Å². The first-order chi connectivity index (χ1) is 8.00. The molecule has 0 fully saturated rings. The summed E-state index contributed by atoms with van der Waals surface area (Å²) in [5, 5.41) is 18.1. The van der Waals surface area contributed by atoms with Crippen LogP contribution in [0.15, 0.2) is 29.8 Å². The zero-order valence-electron chi connectivity index (χ0n) is 8.64. The number of aliphatic carboxylic acids is 1. The number of benzene rings is 1. The summed E-state index contributed by atoms with van der Waals surface area (Å²) in [6, 6.07) is 4.13. The Kier molecular flexibility index (Phi) is 2.51. The van der Waals surface area contributed by atoms with Crippen molar-refractivity contribution < 1.29 is 24.6 Å².